The highest BCUT2D eigenvalue weighted by molar-refractivity contribution is 5.98. The highest BCUT2D eigenvalue weighted by atomic mass is 16.6. The lowest BCUT2D eigenvalue weighted by atomic mass is 10.1. The van der Waals surface area contributed by atoms with Crippen molar-refractivity contribution in [1.82, 2.24) is 0 Å². The molecule has 0 aliphatic carbocycles. The van der Waals surface area contributed by atoms with Gasteiger partial charge in [0.1, 0.15) is 0 Å². The summed E-state index contributed by atoms with van der Waals surface area (Å²) in [5.74, 6) is -1.02. The van der Waals surface area contributed by atoms with Gasteiger partial charge in [-0.2, -0.15) is 5.26 Å². The summed E-state index contributed by atoms with van der Waals surface area (Å²) in [5.41, 5.74) is -0.500. The van der Waals surface area contributed by atoms with Crippen LogP contribution in [0.15, 0.2) is 18.2 Å². The number of nitrogens with zero attached hydrogens (tertiary/aromatic N) is 2. The third-order valence-electron chi connectivity index (χ3n) is 1.73. The first-order valence-electron chi connectivity index (χ1n) is 3.94. The van der Waals surface area contributed by atoms with Crippen LogP contribution < -0.4 is 0 Å². The van der Waals surface area contributed by atoms with Gasteiger partial charge >= 0.3 is 5.69 Å². The minimum Gasteiger partial charge on any atom is -0.502 e. The van der Waals surface area contributed by atoms with Gasteiger partial charge in [0.05, 0.1) is 17.4 Å². The number of ketones is 1. The van der Waals surface area contributed by atoms with E-state index in [1.807, 2.05) is 0 Å². The number of carbonyl (C=O) groups is 1. The van der Waals surface area contributed by atoms with E-state index in [4.69, 9.17) is 10.4 Å². The normalized spacial score (nSPS) is 9.27. The van der Waals surface area contributed by atoms with Gasteiger partial charge in [-0.3, -0.25) is 14.9 Å². The van der Waals surface area contributed by atoms with Crippen LogP contribution in [0, 0.1) is 21.4 Å². The van der Waals surface area contributed by atoms with Crippen molar-refractivity contribution in [2.24, 2.45) is 0 Å². The van der Waals surface area contributed by atoms with Gasteiger partial charge in [0.15, 0.2) is 11.5 Å². The van der Waals surface area contributed by atoms with Crippen molar-refractivity contribution in [2.75, 3.05) is 0 Å². The van der Waals surface area contributed by atoms with Gasteiger partial charge in [-0.15, -0.1) is 0 Å². The van der Waals surface area contributed by atoms with Crippen molar-refractivity contribution < 1.29 is 14.8 Å². The summed E-state index contributed by atoms with van der Waals surface area (Å²) in [7, 11) is 0. The van der Waals surface area contributed by atoms with Crippen LogP contribution in [0.25, 0.3) is 0 Å². The molecule has 0 aliphatic heterocycles. The van der Waals surface area contributed by atoms with Crippen LogP contribution in [-0.2, 0) is 0 Å². The van der Waals surface area contributed by atoms with Crippen molar-refractivity contribution in [1.29, 1.82) is 5.26 Å². The Kier molecular flexibility index (Phi) is 2.98. The lowest BCUT2D eigenvalue weighted by molar-refractivity contribution is -0.385. The van der Waals surface area contributed by atoms with E-state index in [0.29, 0.717) is 0 Å². The Morgan fingerprint density at radius 1 is 1.60 bits per heavy atom. The number of hydrogen-bond acceptors (Lipinski definition) is 5. The first kappa shape index (κ1) is 10.7. The average Bonchev–Trinajstić information content (AvgIpc) is 2.18. The standard InChI is InChI=1S/C9H6N2O4/c10-4-3-8(12)6-1-2-9(13)7(5-6)11(14)15/h1-2,5,13H,3H2. The Hall–Kier alpha value is -2.42. The predicted molar refractivity (Wildman–Crippen MR) is 49.3 cm³/mol. The molecule has 0 amide bonds. The SMILES string of the molecule is N#CCC(=O)c1ccc(O)c([N+](=O)[O-])c1. The van der Waals surface area contributed by atoms with Crippen LogP contribution in [0.2, 0.25) is 0 Å². The minimum atomic E-state index is -0.793. The summed E-state index contributed by atoms with van der Waals surface area (Å²) in [6.07, 6.45) is -0.345. The molecule has 76 valence electrons. The fourth-order valence-electron chi connectivity index (χ4n) is 1.02. The van der Waals surface area contributed by atoms with Gasteiger partial charge < -0.3 is 5.11 Å². The molecule has 0 aliphatic rings. The number of phenols is 1. The fraction of sp³-hybridized carbons (Fsp3) is 0.111. The van der Waals surface area contributed by atoms with Gasteiger partial charge in [0.2, 0.25) is 0 Å². The number of Topliss-reactive ketones (excluding diaryl/α,β-unsaturated/α-hetero) is 1. The number of aromatic hydroxyl groups is 1. The molecule has 1 N–H and O–H groups in total. The molecule has 0 aromatic heterocycles. The number of nitro groups is 1. The summed E-state index contributed by atoms with van der Waals surface area (Å²) in [5, 5.41) is 27.8. The first-order chi connectivity index (χ1) is 7.06. The summed E-state index contributed by atoms with van der Waals surface area (Å²) < 4.78 is 0. The molecule has 0 unspecified atom stereocenters. The van der Waals surface area contributed by atoms with Gasteiger partial charge in [0.25, 0.3) is 0 Å². The number of carbonyl (C=O) groups excluding carboxylic acids is 1. The number of nitriles is 1. The Labute approximate surface area is 84.5 Å². The summed E-state index contributed by atoms with van der Waals surface area (Å²) >= 11 is 0. The molecule has 1 aromatic rings. The average molecular weight is 206 g/mol. The molecule has 0 spiro atoms. The Balaban J connectivity index is 3.14. The number of nitro benzene ring substituents is 1. The van der Waals surface area contributed by atoms with E-state index in [1.54, 1.807) is 6.07 Å². The summed E-state index contributed by atoms with van der Waals surface area (Å²) in [6, 6.07) is 4.90. The largest absolute Gasteiger partial charge is 0.502 e. The third kappa shape index (κ3) is 2.28. The van der Waals surface area contributed by atoms with Gasteiger partial charge in [-0.1, -0.05) is 0 Å². The van der Waals surface area contributed by atoms with E-state index in [2.05, 4.69) is 0 Å². The third-order valence-corrected chi connectivity index (χ3v) is 1.73. The molecule has 0 radical (unpaired) electrons. The maximum Gasteiger partial charge on any atom is 0.311 e. The fourth-order valence-corrected chi connectivity index (χ4v) is 1.02. The van der Waals surface area contributed by atoms with Crippen LogP contribution in [0.3, 0.4) is 0 Å². The molecular formula is C9H6N2O4. The molecule has 15 heavy (non-hydrogen) atoms. The van der Waals surface area contributed by atoms with Crippen molar-refractivity contribution in [2.45, 2.75) is 6.42 Å². The molecule has 6 heteroatoms. The number of benzene rings is 1. The second-order valence-electron chi connectivity index (χ2n) is 2.72. The highest BCUT2D eigenvalue weighted by Gasteiger charge is 2.16. The zero-order chi connectivity index (χ0) is 11.4. The van der Waals surface area contributed by atoms with E-state index in [9.17, 15) is 14.9 Å². The molecule has 6 nitrogen and oxygen atoms in total. The van der Waals surface area contributed by atoms with Crippen LogP contribution in [0.4, 0.5) is 5.69 Å². The van der Waals surface area contributed by atoms with Crippen molar-refractivity contribution in [3.05, 3.63) is 33.9 Å². The maximum absolute atomic E-state index is 11.2. The second kappa shape index (κ2) is 4.19. The topological polar surface area (TPSA) is 104 Å². The zero-order valence-corrected chi connectivity index (χ0v) is 7.51. The molecule has 1 rings (SSSR count). The van der Waals surface area contributed by atoms with Gasteiger partial charge in [-0.25, -0.2) is 0 Å². The first-order valence-corrected chi connectivity index (χ1v) is 3.94. The maximum atomic E-state index is 11.2. The molecule has 1 aromatic carbocycles. The summed E-state index contributed by atoms with van der Waals surface area (Å²) in [4.78, 5) is 20.8. The van der Waals surface area contributed by atoms with E-state index < -0.39 is 22.1 Å². The molecule has 0 heterocycles. The molecular weight excluding hydrogens is 200 g/mol. The lowest BCUT2D eigenvalue weighted by Gasteiger charge is -1.98. The van der Waals surface area contributed by atoms with Crippen LogP contribution in [0.5, 0.6) is 5.75 Å². The number of hydrogen-bond donors (Lipinski definition) is 1. The number of phenolic OH excluding ortho intramolecular Hbond substituents is 1. The van der Waals surface area contributed by atoms with E-state index >= 15 is 0 Å². The van der Waals surface area contributed by atoms with E-state index in [-0.39, 0.29) is 12.0 Å². The monoisotopic (exact) mass is 206 g/mol. The minimum absolute atomic E-state index is 0.0426. The lowest BCUT2D eigenvalue weighted by Crippen LogP contribution is -1.98. The van der Waals surface area contributed by atoms with E-state index in [1.165, 1.54) is 6.07 Å². The Morgan fingerprint density at radius 3 is 2.80 bits per heavy atom. The van der Waals surface area contributed by atoms with Crippen LogP contribution in [0.1, 0.15) is 16.8 Å². The molecule has 0 atom stereocenters. The quantitative estimate of drug-likeness (QED) is 0.457. The highest BCUT2D eigenvalue weighted by Crippen LogP contribution is 2.26. The summed E-state index contributed by atoms with van der Waals surface area (Å²) in [6.45, 7) is 0. The Morgan fingerprint density at radius 2 is 2.27 bits per heavy atom. The molecule has 0 saturated heterocycles. The number of rotatable bonds is 3. The molecule has 0 bridgehead atoms. The Bertz CT molecular complexity index is 462. The second-order valence-corrected chi connectivity index (χ2v) is 2.72. The predicted octanol–water partition coefficient (Wildman–Crippen LogP) is 1.40. The molecule has 0 saturated carbocycles. The van der Waals surface area contributed by atoms with Gasteiger partial charge in [-0.05, 0) is 12.1 Å². The van der Waals surface area contributed by atoms with Crippen molar-refractivity contribution >= 4 is 11.5 Å². The van der Waals surface area contributed by atoms with Crippen molar-refractivity contribution in [3.63, 3.8) is 0 Å². The smallest absolute Gasteiger partial charge is 0.311 e. The van der Waals surface area contributed by atoms with Crippen LogP contribution in [-0.4, -0.2) is 15.8 Å². The van der Waals surface area contributed by atoms with Gasteiger partial charge in [0, 0.05) is 11.6 Å². The van der Waals surface area contributed by atoms with Crippen molar-refractivity contribution in [3.8, 4) is 11.8 Å². The molecule has 0 fully saturated rings. The zero-order valence-electron chi connectivity index (χ0n) is 7.51. The van der Waals surface area contributed by atoms with E-state index in [0.717, 1.165) is 12.1 Å². The van der Waals surface area contributed by atoms with Crippen LogP contribution >= 0.6 is 0 Å².